The highest BCUT2D eigenvalue weighted by Gasteiger charge is 2.29. The van der Waals surface area contributed by atoms with Gasteiger partial charge in [-0.3, -0.25) is 0 Å². The van der Waals surface area contributed by atoms with Gasteiger partial charge in [-0.1, -0.05) is 12.8 Å². The van der Waals surface area contributed by atoms with Crippen LogP contribution < -0.4 is 10.0 Å². The fourth-order valence-electron chi connectivity index (χ4n) is 2.64. The summed E-state index contributed by atoms with van der Waals surface area (Å²) in [5.74, 6) is 0.588. The lowest BCUT2D eigenvalue weighted by molar-refractivity contribution is 0.423. The molecule has 1 saturated carbocycles. The number of hydrogen-bond acceptors (Lipinski definition) is 5. The monoisotopic (exact) mass is 329 g/mol. The predicted octanol–water partition coefficient (Wildman–Crippen LogP) is 2.47. The second-order valence-electron chi connectivity index (χ2n) is 5.19. The van der Waals surface area contributed by atoms with Crippen molar-refractivity contribution >= 4 is 27.6 Å². The van der Waals surface area contributed by atoms with Gasteiger partial charge in [-0.15, -0.1) is 0 Å². The van der Waals surface area contributed by atoms with Gasteiger partial charge in [0.05, 0.1) is 4.90 Å². The van der Waals surface area contributed by atoms with Crippen molar-refractivity contribution in [2.24, 2.45) is 0 Å². The van der Waals surface area contributed by atoms with E-state index in [2.05, 4.69) is 15.0 Å². The second-order valence-corrected chi connectivity index (χ2v) is 7.98. The van der Waals surface area contributed by atoms with Crippen LogP contribution >= 0.6 is 11.8 Å². The van der Waals surface area contributed by atoms with E-state index in [0.717, 1.165) is 19.3 Å². The Kier molecular flexibility index (Phi) is 5.89. The minimum absolute atomic E-state index is 0.0227. The molecule has 1 aliphatic carbocycles. The zero-order valence-electron chi connectivity index (χ0n) is 12.5. The summed E-state index contributed by atoms with van der Waals surface area (Å²) in [7, 11) is -3.49. The van der Waals surface area contributed by atoms with E-state index in [-0.39, 0.29) is 10.9 Å². The van der Waals surface area contributed by atoms with Crippen molar-refractivity contribution in [1.82, 2.24) is 9.71 Å². The van der Waals surface area contributed by atoms with Crippen LogP contribution in [0.4, 0.5) is 5.82 Å². The largest absolute Gasteiger partial charge is 0.370 e. The van der Waals surface area contributed by atoms with Crippen molar-refractivity contribution in [3.05, 3.63) is 18.3 Å². The fraction of sp³-hybridized carbons (Fsp3) is 0.643. The van der Waals surface area contributed by atoms with Gasteiger partial charge >= 0.3 is 0 Å². The molecule has 21 heavy (non-hydrogen) atoms. The Morgan fingerprint density at radius 3 is 2.86 bits per heavy atom. The van der Waals surface area contributed by atoms with E-state index < -0.39 is 10.0 Å². The van der Waals surface area contributed by atoms with Crippen LogP contribution in [-0.2, 0) is 10.0 Å². The molecule has 1 aromatic heterocycles. The van der Waals surface area contributed by atoms with Gasteiger partial charge < -0.3 is 5.32 Å². The average molecular weight is 329 g/mol. The number of anilines is 1. The highest BCUT2D eigenvalue weighted by molar-refractivity contribution is 7.99. The zero-order valence-corrected chi connectivity index (χ0v) is 14.1. The Morgan fingerprint density at radius 2 is 2.14 bits per heavy atom. The first-order chi connectivity index (χ1) is 10.1. The number of aromatic nitrogens is 1. The maximum atomic E-state index is 12.5. The molecule has 0 saturated heterocycles. The van der Waals surface area contributed by atoms with E-state index >= 15 is 0 Å². The van der Waals surface area contributed by atoms with E-state index in [9.17, 15) is 8.42 Å². The Morgan fingerprint density at radius 1 is 1.38 bits per heavy atom. The van der Waals surface area contributed by atoms with Crippen molar-refractivity contribution in [1.29, 1.82) is 0 Å². The zero-order chi connectivity index (χ0) is 15.3. The van der Waals surface area contributed by atoms with Gasteiger partial charge in [0.2, 0.25) is 10.0 Å². The molecule has 0 spiro atoms. The average Bonchev–Trinajstić information content (AvgIpc) is 2.48. The normalized spacial score (nSPS) is 23.0. The van der Waals surface area contributed by atoms with E-state index in [4.69, 9.17) is 0 Å². The van der Waals surface area contributed by atoms with Crippen molar-refractivity contribution < 1.29 is 8.42 Å². The van der Waals surface area contributed by atoms with Crippen LogP contribution in [0.25, 0.3) is 0 Å². The third kappa shape index (κ3) is 4.34. The molecule has 118 valence electrons. The molecule has 0 bridgehead atoms. The summed E-state index contributed by atoms with van der Waals surface area (Å²) in [6, 6.07) is 3.15. The molecule has 0 aliphatic heterocycles. The number of pyridine rings is 1. The van der Waals surface area contributed by atoms with Gasteiger partial charge in [0, 0.05) is 30.1 Å². The van der Waals surface area contributed by atoms with Gasteiger partial charge in [-0.05, 0) is 32.1 Å². The van der Waals surface area contributed by atoms with E-state index in [1.54, 1.807) is 23.9 Å². The lowest BCUT2D eigenvalue weighted by Crippen LogP contribution is -2.43. The lowest BCUT2D eigenvalue weighted by atomic mass is 9.96. The van der Waals surface area contributed by atoms with Crippen molar-refractivity contribution in [3.63, 3.8) is 0 Å². The van der Waals surface area contributed by atoms with Crippen LogP contribution in [0.3, 0.4) is 0 Å². The number of sulfonamides is 1. The highest BCUT2D eigenvalue weighted by Crippen LogP contribution is 2.28. The van der Waals surface area contributed by atoms with Gasteiger partial charge in [-0.2, -0.15) is 11.8 Å². The van der Waals surface area contributed by atoms with Crippen molar-refractivity contribution in [2.45, 2.75) is 48.8 Å². The summed E-state index contributed by atoms with van der Waals surface area (Å²) in [5, 5.41) is 3.40. The maximum absolute atomic E-state index is 12.5. The van der Waals surface area contributed by atoms with Crippen LogP contribution in [0.2, 0.25) is 0 Å². The van der Waals surface area contributed by atoms with Crippen LogP contribution in [0, 0.1) is 0 Å². The lowest BCUT2D eigenvalue weighted by Gasteiger charge is -2.30. The van der Waals surface area contributed by atoms with E-state index in [1.807, 2.05) is 13.2 Å². The van der Waals surface area contributed by atoms with Crippen LogP contribution in [0.15, 0.2) is 23.2 Å². The minimum atomic E-state index is -3.49. The summed E-state index contributed by atoms with van der Waals surface area (Å²) < 4.78 is 28.0. The summed E-state index contributed by atoms with van der Waals surface area (Å²) in [4.78, 5) is 4.39. The van der Waals surface area contributed by atoms with Crippen molar-refractivity contribution in [2.75, 3.05) is 18.1 Å². The molecule has 2 rings (SSSR count). The van der Waals surface area contributed by atoms with Gasteiger partial charge in [-0.25, -0.2) is 18.1 Å². The molecular formula is C14H23N3O2S2. The molecule has 2 atom stereocenters. The first-order valence-corrected chi connectivity index (χ1v) is 10.1. The Hall–Kier alpha value is -0.790. The van der Waals surface area contributed by atoms with Crippen LogP contribution in [0.5, 0.6) is 0 Å². The Labute approximate surface area is 131 Å². The molecule has 1 aliphatic rings. The van der Waals surface area contributed by atoms with E-state index in [0.29, 0.717) is 17.6 Å². The molecule has 1 fully saturated rings. The topological polar surface area (TPSA) is 71.1 Å². The Balaban J connectivity index is 2.15. The van der Waals surface area contributed by atoms with Gasteiger partial charge in [0.1, 0.15) is 5.82 Å². The molecular weight excluding hydrogens is 306 g/mol. The highest BCUT2D eigenvalue weighted by atomic mass is 32.2. The fourth-order valence-corrected chi connectivity index (χ4v) is 4.98. The third-order valence-electron chi connectivity index (χ3n) is 3.71. The minimum Gasteiger partial charge on any atom is -0.370 e. The SMILES string of the molecule is CCNc1cc(S(=O)(=O)NC2CCCCC2SC)ccn1. The Bertz CT molecular complexity index is 563. The maximum Gasteiger partial charge on any atom is 0.241 e. The molecule has 1 heterocycles. The van der Waals surface area contributed by atoms with E-state index in [1.165, 1.54) is 12.6 Å². The third-order valence-corrected chi connectivity index (χ3v) is 6.37. The quantitative estimate of drug-likeness (QED) is 0.839. The molecule has 7 heteroatoms. The van der Waals surface area contributed by atoms with Crippen LogP contribution in [0.1, 0.15) is 32.6 Å². The summed E-state index contributed by atoms with van der Waals surface area (Å²) in [6.45, 7) is 2.66. The number of rotatable bonds is 6. The standard InChI is InChI=1S/C14H23N3O2S2/c1-3-15-14-10-11(8-9-16-14)21(18,19)17-12-6-4-5-7-13(12)20-2/h8-10,12-13,17H,3-7H2,1-2H3,(H,15,16). The molecule has 0 aromatic carbocycles. The number of nitrogens with one attached hydrogen (secondary N) is 2. The molecule has 1 aromatic rings. The first kappa shape index (κ1) is 16.6. The van der Waals surface area contributed by atoms with Gasteiger partial charge in [0.15, 0.2) is 0 Å². The number of thioether (sulfide) groups is 1. The first-order valence-electron chi connectivity index (χ1n) is 7.32. The second kappa shape index (κ2) is 7.47. The van der Waals surface area contributed by atoms with Gasteiger partial charge in [0.25, 0.3) is 0 Å². The summed E-state index contributed by atoms with van der Waals surface area (Å²) in [5.41, 5.74) is 0. The number of hydrogen-bond donors (Lipinski definition) is 2. The smallest absolute Gasteiger partial charge is 0.241 e. The molecule has 2 unspecified atom stereocenters. The van der Waals surface area contributed by atoms with Crippen LogP contribution in [-0.4, -0.2) is 37.5 Å². The number of nitrogens with zero attached hydrogens (tertiary/aromatic N) is 1. The van der Waals surface area contributed by atoms with Crippen molar-refractivity contribution in [3.8, 4) is 0 Å². The molecule has 0 amide bonds. The molecule has 0 radical (unpaired) electrons. The predicted molar refractivity (Wildman–Crippen MR) is 88.3 cm³/mol. The summed E-state index contributed by atoms with van der Waals surface area (Å²) in [6.07, 6.45) is 7.84. The molecule has 5 nitrogen and oxygen atoms in total. The summed E-state index contributed by atoms with van der Waals surface area (Å²) >= 11 is 1.75. The molecule has 2 N–H and O–H groups in total.